The van der Waals surface area contributed by atoms with E-state index in [1.807, 2.05) is 18.2 Å². The number of nitrogens with one attached hydrogen (secondary N) is 1. The summed E-state index contributed by atoms with van der Waals surface area (Å²) in [6.45, 7) is 0.550. The Kier molecular flexibility index (Phi) is 5.00. The second-order valence-electron chi connectivity index (χ2n) is 3.52. The Morgan fingerprint density at radius 2 is 1.94 bits per heavy atom. The molecule has 6 heteroatoms. The zero-order valence-electron chi connectivity index (χ0n) is 9.50. The van der Waals surface area contributed by atoms with Crippen LogP contribution in [0.2, 0.25) is 0 Å². The van der Waals surface area contributed by atoms with Crippen LogP contribution in [-0.2, 0) is 0 Å². The minimum absolute atomic E-state index is 0.0759. The van der Waals surface area contributed by atoms with Crippen molar-refractivity contribution in [3.63, 3.8) is 0 Å². The van der Waals surface area contributed by atoms with Gasteiger partial charge in [-0.25, -0.2) is 0 Å². The van der Waals surface area contributed by atoms with Crippen LogP contribution in [0, 0.1) is 0 Å². The van der Waals surface area contributed by atoms with Crippen molar-refractivity contribution in [1.29, 1.82) is 0 Å². The topological polar surface area (TPSA) is 61.7 Å². The van der Waals surface area contributed by atoms with Crippen LogP contribution in [0.1, 0.15) is 0 Å². The Labute approximate surface area is 113 Å². The molecule has 1 aromatic carbocycles. The Morgan fingerprint density at radius 1 is 1.17 bits per heavy atom. The third-order valence-corrected chi connectivity index (χ3v) is 4.78. The highest BCUT2D eigenvalue weighted by Gasteiger charge is 2.08. The number of aliphatic hydroxyl groups excluding tert-OH is 1. The monoisotopic (exact) mass is 283 g/mol. The van der Waals surface area contributed by atoms with Crippen LogP contribution in [0.4, 0.5) is 5.69 Å². The van der Waals surface area contributed by atoms with Gasteiger partial charge in [-0.3, -0.25) is 10.7 Å². The third kappa shape index (κ3) is 3.71. The van der Waals surface area contributed by atoms with Gasteiger partial charge in [0, 0.05) is 15.9 Å². The second kappa shape index (κ2) is 6.75. The van der Waals surface area contributed by atoms with E-state index < -0.39 is 0 Å². The van der Waals surface area contributed by atoms with Crippen LogP contribution < -0.4 is 10.2 Å². The van der Waals surface area contributed by atoms with E-state index in [1.54, 1.807) is 39.8 Å². The molecule has 0 atom stereocenters. The van der Waals surface area contributed by atoms with Crippen molar-refractivity contribution in [2.45, 2.75) is 0 Å². The summed E-state index contributed by atoms with van der Waals surface area (Å²) in [5, 5.41) is 17.7. The molecular weight excluding hydrogens is 270 g/mol. The second-order valence-corrected chi connectivity index (χ2v) is 5.90. The highest BCUT2D eigenvalue weighted by atomic mass is 33.1. The molecular formula is C12H13NO3S2. The summed E-state index contributed by atoms with van der Waals surface area (Å²) in [7, 11) is 3.13. The lowest BCUT2D eigenvalue weighted by molar-refractivity contribution is 0.339. The van der Waals surface area contributed by atoms with Crippen molar-refractivity contribution in [2.24, 2.45) is 0 Å². The molecule has 0 fully saturated rings. The van der Waals surface area contributed by atoms with Gasteiger partial charge in [0.15, 0.2) is 0 Å². The van der Waals surface area contributed by atoms with Crippen LogP contribution in [0.3, 0.4) is 0 Å². The molecule has 0 spiro atoms. The van der Waals surface area contributed by atoms with Crippen LogP contribution in [0.15, 0.2) is 46.2 Å². The smallest absolute Gasteiger partial charge is 0.121 e. The summed E-state index contributed by atoms with van der Waals surface area (Å²) in [5.74, 6) is 0.692. The average Bonchev–Trinajstić information content (AvgIpc) is 2.46. The van der Waals surface area contributed by atoms with Gasteiger partial charge in [-0.05, 0) is 24.3 Å². The normalized spacial score (nSPS) is 14.8. The molecule has 4 nitrogen and oxygen atoms in total. The third-order valence-electron chi connectivity index (χ3n) is 2.21. The maximum absolute atomic E-state index is 8.95. The van der Waals surface area contributed by atoms with E-state index in [0.29, 0.717) is 18.0 Å². The van der Waals surface area contributed by atoms with Crippen LogP contribution in [0.25, 0.3) is 0 Å². The number of hydrogen-bond acceptors (Lipinski definition) is 6. The van der Waals surface area contributed by atoms with Crippen molar-refractivity contribution in [3.05, 3.63) is 46.2 Å². The summed E-state index contributed by atoms with van der Waals surface area (Å²) in [4.78, 5) is 2.02. The SMILES string of the molecule is OCC1=CC=C(COc2cccc(NO)c2)SS1. The predicted molar refractivity (Wildman–Crippen MR) is 75.8 cm³/mol. The molecule has 0 saturated heterocycles. The molecule has 0 amide bonds. The van der Waals surface area contributed by atoms with E-state index in [0.717, 1.165) is 9.81 Å². The van der Waals surface area contributed by atoms with E-state index >= 15 is 0 Å². The van der Waals surface area contributed by atoms with Gasteiger partial charge in [-0.15, -0.1) is 0 Å². The number of ether oxygens (including phenoxy) is 1. The molecule has 0 unspecified atom stereocenters. The zero-order chi connectivity index (χ0) is 12.8. The Hall–Kier alpha value is -1.08. The van der Waals surface area contributed by atoms with Crippen molar-refractivity contribution in [1.82, 2.24) is 0 Å². The maximum Gasteiger partial charge on any atom is 0.121 e. The highest BCUT2D eigenvalue weighted by molar-refractivity contribution is 8.79. The van der Waals surface area contributed by atoms with Crippen molar-refractivity contribution < 1.29 is 15.1 Å². The van der Waals surface area contributed by atoms with Crippen molar-refractivity contribution >= 4 is 27.3 Å². The molecule has 96 valence electrons. The minimum atomic E-state index is 0.0759. The van der Waals surface area contributed by atoms with E-state index in [1.165, 1.54) is 0 Å². The zero-order valence-corrected chi connectivity index (χ0v) is 11.1. The summed E-state index contributed by atoms with van der Waals surface area (Å²) in [6.07, 6.45) is 3.84. The first-order valence-electron chi connectivity index (χ1n) is 5.30. The molecule has 2 rings (SSSR count). The lowest BCUT2D eigenvalue weighted by atomic mass is 10.3. The first-order chi connectivity index (χ1) is 8.81. The molecule has 1 aliphatic rings. The summed E-state index contributed by atoms with van der Waals surface area (Å²) >= 11 is 0. The molecule has 0 saturated carbocycles. The molecule has 1 heterocycles. The molecule has 0 aromatic heterocycles. The molecule has 3 N–H and O–H groups in total. The van der Waals surface area contributed by atoms with Gasteiger partial charge < -0.3 is 9.84 Å². The fourth-order valence-corrected chi connectivity index (χ4v) is 3.21. The lowest BCUT2D eigenvalue weighted by Crippen LogP contribution is -2.00. The molecule has 18 heavy (non-hydrogen) atoms. The van der Waals surface area contributed by atoms with E-state index in [-0.39, 0.29) is 6.61 Å². The van der Waals surface area contributed by atoms with Gasteiger partial charge in [-0.2, -0.15) is 0 Å². The first kappa shape index (κ1) is 13.4. The van der Waals surface area contributed by atoms with Gasteiger partial charge in [0.05, 0.1) is 12.3 Å². The predicted octanol–water partition coefficient (Wildman–Crippen LogP) is 3.02. The Bertz CT molecular complexity index is 474. The largest absolute Gasteiger partial charge is 0.488 e. The van der Waals surface area contributed by atoms with Crippen LogP contribution in [0.5, 0.6) is 5.75 Å². The van der Waals surface area contributed by atoms with Crippen molar-refractivity contribution in [3.8, 4) is 5.75 Å². The number of hydrogen-bond donors (Lipinski definition) is 3. The maximum atomic E-state index is 8.95. The summed E-state index contributed by atoms with van der Waals surface area (Å²) < 4.78 is 5.61. The summed E-state index contributed by atoms with van der Waals surface area (Å²) in [6, 6.07) is 7.09. The average molecular weight is 283 g/mol. The number of anilines is 1. The standard InChI is InChI=1S/C12H13NO3S2/c14-7-11-4-5-12(18-17-11)8-16-10-3-1-2-9(6-10)13-15/h1-6,13-15H,7-8H2. The van der Waals surface area contributed by atoms with Gasteiger partial charge >= 0.3 is 0 Å². The Balaban J connectivity index is 1.92. The van der Waals surface area contributed by atoms with Gasteiger partial charge in [-0.1, -0.05) is 27.7 Å². The van der Waals surface area contributed by atoms with Crippen molar-refractivity contribution in [2.75, 3.05) is 18.7 Å². The number of allylic oxidation sites excluding steroid dienone is 2. The van der Waals surface area contributed by atoms with Crippen LogP contribution >= 0.6 is 21.6 Å². The van der Waals surface area contributed by atoms with Crippen LogP contribution in [-0.4, -0.2) is 23.5 Å². The number of benzene rings is 1. The fourth-order valence-electron chi connectivity index (χ4n) is 1.31. The van der Waals surface area contributed by atoms with Gasteiger partial charge in [0.25, 0.3) is 0 Å². The fraction of sp³-hybridized carbons (Fsp3) is 0.167. The van der Waals surface area contributed by atoms with E-state index in [4.69, 9.17) is 15.1 Å². The minimum Gasteiger partial charge on any atom is -0.488 e. The molecule has 1 aromatic rings. The number of aliphatic hydroxyl groups is 1. The van der Waals surface area contributed by atoms with Gasteiger partial charge in [0.2, 0.25) is 0 Å². The highest BCUT2D eigenvalue weighted by Crippen LogP contribution is 2.39. The molecule has 0 aliphatic carbocycles. The quantitative estimate of drug-likeness (QED) is 0.570. The summed E-state index contributed by atoms with van der Waals surface area (Å²) in [5.41, 5.74) is 2.67. The molecule has 1 aliphatic heterocycles. The molecule has 0 bridgehead atoms. The lowest BCUT2D eigenvalue weighted by Gasteiger charge is -2.13. The Morgan fingerprint density at radius 3 is 2.61 bits per heavy atom. The van der Waals surface area contributed by atoms with E-state index in [2.05, 4.69) is 5.48 Å². The number of rotatable bonds is 5. The molecule has 0 radical (unpaired) electrons. The van der Waals surface area contributed by atoms with Gasteiger partial charge in [0.1, 0.15) is 12.4 Å². The first-order valence-corrected chi connectivity index (χ1v) is 7.45. The van der Waals surface area contributed by atoms with E-state index in [9.17, 15) is 0 Å².